The van der Waals surface area contributed by atoms with Crippen LogP contribution in [-0.4, -0.2) is 31.4 Å². The Balaban J connectivity index is 2.66. The fourth-order valence-electron chi connectivity index (χ4n) is 1.87. The van der Waals surface area contributed by atoms with Crippen LogP contribution in [-0.2, 0) is 15.6 Å². The molecule has 0 saturated heterocycles. The number of aliphatic hydroxyl groups excluding tert-OH is 1. The molecule has 0 fully saturated rings. The van der Waals surface area contributed by atoms with E-state index in [9.17, 15) is 9.90 Å². The van der Waals surface area contributed by atoms with E-state index in [0.717, 1.165) is 5.56 Å². The topological polar surface area (TPSA) is 46.5 Å². The summed E-state index contributed by atoms with van der Waals surface area (Å²) < 4.78 is 6.09. The van der Waals surface area contributed by atoms with Crippen LogP contribution in [0.5, 0.6) is 0 Å². The third-order valence-corrected chi connectivity index (χ3v) is 8.86. The zero-order valence-electron chi connectivity index (χ0n) is 14.0. The fourth-order valence-corrected chi connectivity index (χ4v) is 3.28. The first-order valence-corrected chi connectivity index (χ1v) is 10.4. The van der Waals surface area contributed by atoms with Crippen molar-refractivity contribution in [1.29, 1.82) is 0 Å². The Hall–Kier alpha value is -0.973. The summed E-state index contributed by atoms with van der Waals surface area (Å²) in [6.07, 6.45) is -1.30. The van der Waals surface area contributed by atoms with Crippen LogP contribution in [0.2, 0.25) is 18.1 Å². The first-order chi connectivity index (χ1) is 9.54. The molecule has 1 aromatic carbocycles. The van der Waals surface area contributed by atoms with Gasteiger partial charge < -0.3 is 9.53 Å². The number of carbonyl (C=O) groups is 1. The molecule has 1 N–H and O–H groups in total. The molecule has 0 radical (unpaired) electrons. The number of ketones is 1. The Labute approximate surface area is 129 Å². The van der Waals surface area contributed by atoms with E-state index >= 15 is 0 Å². The standard InChI is InChI=1S/C17H28O3Si/c1-13(20-21(5,6)17(2,3)4)16(19)15(18)12-14-10-8-7-9-11-14/h7-11,13,16,19H,12H2,1-6H3/t13-,16-/m0/s1. The number of carbonyl (C=O) groups excluding carboxylic acids is 1. The third-order valence-electron chi connectivity index (χ3n) is 4.28. The van der Waals surface area contributed by atoms with Gasteiger partial charge in [0.25, 0.3) is 0 Å². The predicted octanol–water partition coefficient (Wildman–Crippen LogP) is 3.57. The van der Waals surface area contributed by atoms with Gasteiger partial charge in [0.2, 0.25) is 0 Å². The molecule has 0 aliphatic rings. The molecule has 0 aliphatic heterocycles. The molecule has 118 valence electrons. The van der Waals surface area contributed by atoms with Crippen LogP contribution >= 0.6 is 0 Å². The second-order valence-electron chi connectivity index (χ2n) is 7.16. The summed E-state index contributed by atoms with van der Waals surface area (Å²) in [5, 5.41) is 10.3. The van der Waals surface area contributed by atoms with Gasteiger partial charge in [-0.1, -0.05) is 51.1 Å². The molecule has 3 nitrogen and oxygen atoms in total. The molecule has 1 aromatic rings. The summed E-state index contributed by atoms with van der Waals surface area (Å²) in [5.41, 5.74) is 0.918. The van der Waals surface area contributed by atoms with E-state index in [-0.39, 0.29) is 17.2 Å². The number of rotatable bonds is 6. The zero-order valence-corrected chi connectivity index (χ0v) is 15.0. The van der Waals surface area contributed by atoms with E-state index in [1.807, 2.05) is 30.3 Å². The molecule has 2 atom stereocenters. The van der Waals surface area contributed by atoms with Gasteiger partial charge in [-0.3, -0.25) is 4.79 Å². The summed E-state index contributed by atoms with van der Waals surface area (Å²) in [4.78, 5) is 12.2. The number of hydrogen-bond donors (Lipinski definition) is 1. The molecule has 0 spiro atoms. The first-order valence-electron chi connectivity index (χ1n) is 7.47. The quantitative estimate of drug-likeness (QED) is 0.817. The minimum Gasteiger partial charge on any atom is -0.411 e. The summed E-state index contributed by atoms with van der Waals surface area (Å²) in [6.45, 7) is 12.5. The van der Waals surface area contributed by atoms with Crippen LogP contribution in [0.3, 0.4) is 0 Å². The zero-order chi connectivity index (χ0) is 16.3. The van der Waals surface area contributed by atoms with Gasteiger partial charge in [-0.2, -0.15) is 0 Å². The van der Waals surface area contributed by atoms with Gasteiger partial charge in [-0.25, -0.2) is 0 Å². The van der Waals surface area contributed by atoms with Crippen LogP contribution in [0, 0.1) is 0 Å². The van der Waals surface area contributed by atoms with E-state index in [1.165, 1.54) is 0 Å². The maximum Gasteiger partial charge on any atom is 0.192 e. The van der Waals surface area contributed by atoms with Gasteiger partial charge in [-0.05, 0) is 30.6 Å². The van der Waals surface area contributed by atoms with Gasteiger partial charge in [0.05, 0.1) is 6.10 Å². The maximum absolute atomic E-state index is 12.2. The third kappa shape index (κ3) is 5.06. The molecule has 0 aliphatic carbocycles. The van der Waals surface area contributed by atoms with Gasteiger partial charge >= 0.3 is 0 Å². The van der Waals surface area contributed by atoms with Crippen LogP contribution in [0.25, 0.3) is 0 Å². The lowest BCUT2D eigenvalue weighted by atomic mass is 10.0. The molecule has 0 unspecified atom stereocenters. The Bertz CT molecular complexity index is 463. The van der Waals surface area contributed by atoms with E-state index in [4.69, 9.17) is 4.43 Å². The minimum absolute atomic E-state index is 0.0590. The van der Waals surface area contributed by atoms with Crippen LogP contribution in [0.15, 0.2) is 30.3 Å². The maximum atomic E-state index is 12.2. The summed E-state index contributed by atoms with van der Waals surface area (Å²) >= 11 is 0. The van der Waals surface area contributed by atoms with E-state index in [2.05, 4.69) is 33.9 Å². The smallest absolute Gasteiger partial charge is 0.192 e. The highest BCUT2D eigenvalue weighted by atomic mass is 28.4. The van der Waals surface area contributed by atoms with Crippen molar-refractivity contribution in [3.05, 3.63) is 35.9 Å². The van der Waals surface area contributed by atoms with Gasteiger partial charge in [0, 0.05) is 6.42 Å². The molecule has 0 aromatic heterocycles. The Morgan fingerprint density at radius 1 is 1.24 bits per heavy atom. The molecule has 0 heterocycles. The largest absolute Gasteiger partial charge is 0.411 e. The Morgan fingerprint density at radius 2 is 1.76 bits per heavy atom. The van der Waals surface area contributed by atoms with Gasteiger partial charge in [-0.15, -0.1) is 0 Å². The highest BCUT2D eigenvalue weighted by Gasteiger charge is 2.40. The lowest BCUT2D eigenvalue weighted by molar-refractivity contribution is -0.130. The van der Waals surface area contributed by atoms with E-state index in [0.29, 0.717) is 0 Å². The van der Waals surface area contributed by atoms with Crippen LogP contribution < -0.4 is 0 Å². The van der Waals surface area contributed by atoms with Gasteiger partial charge in [0.1, 0.15) is 6.10 Å². The predicted molar refractivity (Wildman–Crippen MR) is 88.9 cm³/mol. The molecule has 0 bridgehead atoms. The summed E-state index contributed by atoms with van der Waals surface area (Å²) in [5.74, 6) is -0.188. The second-order valence-corrected chi connectivity index (χ2v) is 11.9. The van der Waals surface area contributed by atoms with Crippen molar-refractivity contribution in [3.63, 3.8) is 0 Å². The minimum atomic E-state index is -1.98. The number of hydrogen-bond acceptors (Lipinski definition) is 3. The fraction of sp³-hybridized carbons (Fsp3) is 0.588. The van der Waals surface area contributed by atoms with Crippen molar-refractivity contribution in [2.75, 3.05) is 0 Å². The Morgan fingerprint density at radius 3 is 2.24 bits per heavy atom. The average molecular weight is 308 g/mol. The monoisotopic (exact) mass is 308 g/mol. The molecule has 21 heavy (non-hydrogen) atoms. The van der Waals surface area contributed by atoms with Crippen molar-refractivity contribution < 1.29 is 14.3 Å². The highest BCUT2D eigenvalue weighted by molar-refractivity contribution is 6.74. The number of aliphatic hydroxyl groups is 1. The molecule has 0 saturated carbocycles. The van der Waals surface area contributed by atoms with Crippen molar-refractivity contribution in [1.82, 2.24) is 0 Å². The molecule has 4 heteroatoms. The number of benzene rings is 1. The highest BCUT2D eigenvalue weighted by Crippen LogP contribution is 2.37. The Kier molecular flexibility index (Phi) is 5.90. The SMILES string of the molecule is C[C@H](O[Si](C)(C)C(C)(C)C)[C@H](O)C(=O)Cc1ccccc1. The molecule has 1 rings (SSSR count). The average Bonchev–Trinajstić information content (AvgIpc) is 2.37. The molecular formula is C17H28O3Si. The molecular weight excluding hydrogens is 280 g/mol. The summed E-state index contributed by atoms with van der Waals surface area (Å²) in [7, 11) is -1.98. The second kappa shape index (κ2) is 6.86. The summed E-state index contributed by atoms with van der Waals surface area (Å²) in [6, 6.07) is 9.48. The van der Waals surface area contributed by atoms with E-state index in [1.54, 1.807) is 6.92 Å². The van der Waals surface area contributed by atoms with Gasteiger partial charge in [0.15, 0.2) is 14.1 Å². The van der Waals surface area contributed by atoms with E-state index < -0.39 is 20.5 Å². The van der Waals surface area contributed by atoms with Crippen LogP contribution in [0.4, 0.5) is 0 Å². The lowest BCUT2D eigenvalue weighted by Crippen LogP contribution is -2.48. The van der Waals surface area contributed by atoms with Crippen molar-refractivity contribution in [2.24, 2.45) is 0 Å². The lowest BCUT2D eigenvalue weighted by Gasteiger charge is -2.39. The van der Waals surface area contributed by atoms with Crippen molar-refractivity contribution in [2.45, 2.75) is 64.5 Å². The van der Waals surface area contributed by atoms with Crippen molar-refractivity contribution in [3.8, 4) is 0 Å². The van der Waals surface area contributed by atoms with Crippen molar-refractivity contribution >= 4 is 14.1 Å². The number of Topliss-reactive ketones (excluding diaryl/α,β-unsaturated/α-hetero) is 1. The van der Waals surface area contributed by atoms with Crippen LogP contribution in [0.1, 0.15) is 33.3 Å². The normalized spacial score (nSPS) is 15.6. The molecule has 0 amide bonds. The first kappa shape index (κ1) is 18.1.